The predicted octanol–water partition coefficient (Wildman–Crippen LogP) is 2.80. The van der Waals surface area contributed by atoms with Crippen molar-refractivity contribution in [3.8, 4) is 0 Å². The quantitative estimate of drug-likeness (QED) is 0.379. The molecule has 144 valence electrons. The van der Waals surface area contributed by atoms with E-state index in [9.17, 15) is 14.4 Å². The van der Waals surface area contributed by atoms with Crippen LogP contribution in [-0.2, 0) is 30.3 Å². The Morgan fingerprint density at radius 1 is 1.15 bits per heavy atom. The van der Waals surface area contributed by atoms with Gasteiger partial charge in [-0.1, -0.05) is 25.5 Å². The Balaban J connectivity index is 1.38. The van der Waals surface area contributed by atoms with E-state index in [1.807, 2.05) is 0 Å². The van der Waals surface area contributed by atoms with E-state index < -0.39 is 0 Å². The van der Waals surface area contributed by atoms with E-state index in [0.717, 1.165) is 29.9 Å². The van der Waals surface area contributed by atoms with E-state index in [1.54, 1.807) is 24.3 Å². The molecule has 27 heavy (non-hydrogen) atoms. The lowest BCUT2D eigenvalue weighted by Crippen LogP contribution is -2.39. The summed E-state index contributed by atoms with van der Waals surface area (Å²) in [7, 11) is 0. The summed E-state index contributed by atoms with van der Waals surface area (Å²) in [6.45, 7) is 3.44. The van der Waals surface area contributed by atoms with Crippen LogP contribution < -0.4 is 4.90 Å². The first-order valence-corrected chi connectivity index (χ1v) is 9.50. The summed E-state index contributed by atoms with van der Waals surface area (Å²) >= 11 is 0. The fourth-order valence-electron chi connectivity index (χ4n) is 3.43. The summed E-state index contributed by atoms with van der Waals surface area (Å²) < 4.78 is 10.9. The number of esters is 1. The first kappa shape index (κ1) is 19.3. The number of benzene rings is 1. The second-order valence-electron chi connectivity index (χ2n) is 6.97. The van der Waals surface area contributed by atoms with E-state index in [-0.39, 0.29) is 24.2 Å². The molecule has 1 fully saturated rings. The fraction of sp³-hybridized carbons (Fsp3) is 0.476. The Labute approximate surface area is 159 Å². The van der Waals surface area contributed by atoms with Crippen LogP contribution in [0.2, 0.25) is 0 Å². The van der Waals surface area contributed by atoms with Gasteiger partial charge in [0.25, 0.3) is 11.8 Å². The lowest BCUT2D eigenvalue weighted by molar-refractivity contribution is -0.145. The number of ether oxygens (including phenoxy) is 2. The Morgan fingerprint density at radius 2 is 1.85 bits per heavy atom. The molecule has 0 spiro atoms. The van der Waals surface area contributed by atoms with Crippen LogP contribution in [0.15, 0.2) is 36.4 Å². The fourth-order valence-corrected chi connectivity index (χ4v) is 3.43. The second-order valence-corrected chi connectivity index (χ2v) is 6.97. The second kappa shape index (κ2) is 8.95. The minimum Gasteiger partial charge on any atom is -0.465 e. The first-order valence-electron chi connectivity index (χ1n) is 9.50. The maximum atomic E-state index is 12.0. The van der Waals surface area contributed by atoms with Gasteiger partial charge in [-0.15, -0.1) is 0 Å². The number of rotatable bonds is 9. The molecule has 0 saturated carbocycles. The minimum atomic E-state index is -0.358. The lowest BCUT2D eigenvalue weighted by Gasteiger charge is -2.37. The van der Waals surface area contributed by atoms with E-state index in [1.165, 1.54) is 25.0 Å². The van der Waals surface area contributed by atoms with Crippen molar-refractivity contribution in [3.05, 3.63) is 42.0 Å². The third kappa shape index (κ3) is 4.83. The summed E-state index contributed by atoms with van der Waals surface area (Å²) in [5, 5.41) is 0. The molecular weight excluding hydrogens is 346 g/mol. The van der Waals surface area contributed by atoms with Crippen LogP contribution in [0.3, 0.4) is 0 Å². The lowest BCUT2D eigenvalue weighted by atomic mass is 9.90. The van der Waals surface area contributed by atoms with Crippen LogP contribution >= 0.6 is 0 Å². The largest absolute Gasteiger partial charge is 0.465 e. The van der Waals surface area contributed by atoms with Crippen molar-refractivity contribution in [1.29, 1.82) is 0 Å². The summed E-state index contributed by atoms with van der Waals surface area (Å²) in [5.74, 6) is -0.335. The monoisotopic (exact) mass is 371 g/mol. The van der Waals surface area contributed by atoms with Crippen LogP contribution in [0.1, 0.15) is 38.2 Å². The normalized spacial score (nSPS) is 21.4. The maximum absolute atomic E-state index is 12.0. The van der Waals surface area contributed by atoms with E-state index >= 15 is 0 Å². The molecule has 2 atom stereocenters. The zero-order valence-electron chi connectivity index (χ0n) is 15.6. The molecular formula is C21H25NO5. The molecule has 0 radical (unpaired) electrons. The molecule has 0 aliphatic carbocycles. The van der Waals surface area contributed by atoms with Crippen LogP contribution in [-0.4, -0.2) is 37.1 Å². The molecule has 0 N–H and O–H groups in total. The van der Waals surface area contributed by atoms with Crippen molar-refractivity contribution in [3.63, 3.8) is 0 Å². The van der Waals surface area contributed by atoms with Crippen molar-refractivity contribution < 1.29 is 23.9 Å². The molecule has 2 unspecified atom stereocenters. The van der Waals surface area contributed by atoms with Gasteiger partial charge in [-0.2, -0.15) is 0 Å². The highest BCUT2D eigenvalue weighted by Gasteiger charge is 2.30. The van der Waals surface area contributed by atoms with E-state index in [4.69, 9.17) is 9.47 Å². The molecule has 0 bridgehead atoms. The minimum absolute atomic E-state index is 0.165. The molecule has 2 heterocycles. The van der Waals surface area contributed by atoms with Gasteiger partial charge in [0.15, 0.2) is 0 Å². The molecule has 3 rings (SSSR count). The number of carbonyl (C=O) groups is 3. The average molecular weight is 371 g/mol. The Bertz CT molecular complexity index is 707. The van der Waals surface area contributed by atoms with Crippen molar-refractivity contribution in [2.24, 2.45) is 5.92 Å². The SMILES string of the molecule is CCCC1COC1CCCOC(=O)Cc1ccc(N2C(=O)C=CC2=O)cc1. The van der Waals surface area contributed by atoms with Gasteiger partial charge in [0.1, 0.15) is 0 Å². The number of nitrogens with zero attached hydrogens (tertiary/aromatic N) is 1. The summed E-state index contributed by atoms with van der Waals surface area (Å²) in [4.78, 5) is 36.4. The number of imide groups is 1. The molecule has 6 heteroatoms. The number of carbonyl (C=O) groups excluding carboxylic acids is 3. The van der Waals surface area contributed by atoms with Crippen LogP contribution in [0.5, 0.6) is 0 Å². The van der Waals surface area contributed by atoms with Crippen molar-refractivity contribution in [1.82, 2.24) is 0 Å². The van der Waals surface area contributed by atoms with Crippen LogP contribution in [0.25, 0.3) is 0 Å². The van der Waals surface area contributed by atoms with Crippen LogP contribution in [0.4, 0.5) is 5.69 Å². The predicted molar refractivity (Wildman–Crippen MR) is 100 cm³/mol. The topological polar surface area (TPSA) is 72.9 Å². The number of amides is 2. The molecule has 1 aromatic rings. The van der Waals surface area contributed by atoms with Gasteiger partial charge in [0, 0.05) is 18.1 Å². The summed E-state index contributed by atoms with van der Waals surface area (Å²) in [6.07, 6.45) is 7.08. The maximum Gasteiger partial charge on any atom is 0.310 e. The molecule has 2 amide bonds. The number of anilines is 1. The van der Waals surface area contributed by atoms with E-state index in [2.05, 4.69) is 6.92 Å². The molecule has 0 aromatic heterocycles. The highest BCUT2D eigenvalue weighted by Crippen LogP contribution is 2.28. The van der Waals surface area contributed by atoms with Crippen molar-refractivity contribution in [2.75, 3.05) is 18.1 Å². The molecule has 2 aliphatic heterocycles. The smallest absolute Gasteiger partial charge is 0.310 e. The average Bonchev–Trinajstić information content (AvgIpc) is 2.97. The standard InChI is InChI=1S/C21H25NO5/c1-2-4-16-14-27-18(16)5-3-12-26-21(25)13-15-6-8-17(9-7-15)22-19(23)10-11-20(22)24/h6-11,16,18H,2-5,12-14H2,1H3. The van der Waals surface area contributed by atoms with Gasteiger partial charge >= 0.3 is 5.97 Å². The number of hydrogen-bond acceptors (Lipinski definition) is 5. The molecule has 6 nitrogen and oxygen atoms in total. The highest BCUT2D eigenvalue weighted by molar-refractivity contribution is 6.28. The van der Waals surface area contributed by atoms with Gasteiger partial charge in [0.2, 0.25) is 0 Å². The summed E-state index contributed by atoms with van der Waals surface area (Å²) in [5.41, 5.74) is 1.27. The van der Waals surface area contributed by atoms with Gasteiger partial charge in [0.05, 0.1) is 31.4 Å². The Kier molecular flexibility index (Phi) is 6.40. The third-order valence-corrected chi connectivity index (χ3v) is 4.96. The summed E-state index contributed by atoms with van der Waals surface area (Å²) in [6, 6.07) is 6.78. The highest BCUT2D eigenvalue weighted by atomic mass is 16.5. The van der Waals surface area contributed by atoms with Gasteiger partial charge in [-0.05, 0) is 37.0 Å². The van der Waals surface area contributed by atoms with Gasteiger partial charge < -0.3 is 9.47 Å². The third-order valence-electron chi connectivity index (χ3n) is 4.96. The zero-order valence-corrected chi connectivity index (χ0v) is 15.6. The Hall–Kier alpha value is -2.47. The molecule has 1 aromatic carbocycles. The van der Waals surface area contributed by atoms with Gasteiger partial charge in [-0.3, -0.25) is 14.4 Å². The van der Waals surface area contributed by atoms with Crippen molar-refractivity contribution >= 4 is 23.5 Å². The molecule has 1 saturated heterocycles. The first-order chi connectivity index (χ1) is 13.1. The van der Waals surface area contributed by atoms with E-state index in [0.29, 0.717) is 24.3 Å². The van der Waals surface area contributed by atoms with Crippen molar-refractivity contribution in [2.45, 2.75) is 45.1 Å². The van der Waals surface area contributed by atoms with Gasteiger partial charge in [-0.25, -0.2) is 4.90 Å². The Morgan fingerprint density at radius 3 is 2.44 bits per heavy atom. The zero-order chi connectivity index (χ0) is 19.2. The molecule has 2 aliphatic rings. The number of hydrogen-bond donors (Lipinski definition) is 0. The van der Waals surface area contributed by atoms with Crippen LogP contribution in [0, 0.1) is 5.92 Å².